The van der Waals surface area contributed by atoms with Crippen LogP contribution in [0, 0.1) is 5.82 Å². The van der Waals surface area contributed by atoms with Crippen LogP contribution in [0.3, 0.4) is 0 Å². The normalized spacial score (nSPS) is 11.8. The number of unbranched alkanes of at least 4 members (excludes halogenated alkanes) is 2. The number of hydrogen-bond acceptors (Lipinski definition) is 4. The molecule has 0 aromatic heterocycles. The highest BCUT2D eigenvalue weighted by Gasteiger charge is 2.20. The smallest absolute Gasteiger partial charge is 0.341 e. The minimum absolute atomic E-state index is 0.214. The van der Waals surface area contributed by atoms with Gasteiger partial charge in [-0.3, -0.25) is 4.79 Å². The quantitative estimate of drug-likeness (QED) is 0.459. The van der Waals surface area contributed by atoms with Crippen LogP contribution in [-0.2, 0) is 9.53 Å². The number of amides is 1. The van der Waals surface area contributed by atoms with Crippen LogP contribution in [0.4, 0.5) is 10.1 Å². The molecule has 0 aliphatic heterocycles. The molecule has 1 aromatic rings. The summed E-state index contributed by atoms with van der Waals surface area (Å²) in [6.45, 7) is 4.04. The van der Waals surface area contributed by atoms with Crippen LogP contribution in [0.2, 0.25) is 0 Å². The second kappa shape index (κ2) is 8.24. The van der Waals surface area contributed by atoms with Crippen LogP contribution in [0.25, 0.3) is 0 Å². The lowest BCUT2D eigenvalue weighted by atomic mass is 10.2. The molecule has 0 heterocycles. The summed E-state index contributed by atoms with van der Waals surface area (Å²) in [4.78, 5) is 23.5. The molecule has 0 spiro atoms. The first-order valence-electron chi connectivity index (χ1n) is 6.99. The minimum Gasteiger partial charge on any atom is -0.449 e. The second-order valence-corrected chi connectivity index (χ2v) is 4.78. The maximum Gasteiger partial charge on any atom is 0.341 e. The van der Waals surface area contributed by atoms with Crippen molar-refractivity contribution < 1.29 is 18.7 Å². The van der Waals surface area contributed by atoms with Crippen LogP contribution in [0.1, 0.15) is 43.5 Å². The molecule has 1 aromatic carbocycles. The Hall–Kier alpha value is -2.11. The van der Waals surface area contributed by atoms with Crippen molar-refractivity contribution in [3.05, 3.63) is 29.6 Å². The Morgan fingerprint density at radius 1 is 1.38 bits per heavy atom. The molecule has 6 heteroatoms. The Balaban J connectivity index is 2.51. The SMILES string of the molecule is CCCCCNC(=O)C(C)OC(=O)c1ccc(N)cc1F. The largest absolute Gasteiger partial charge is 0.449 e. The minimum atomic E-state index is -0.976. The lowest BCUT2D eigenvalue weighted by Gasteiger charge is -2.13. The monoisotopic (exact) mass is 296 g/mol. The number of halogens is 1. The van der Waals surface area contributed by atoms with Crippen LogP contribution in [0.15, 0.2) is 18.2 Å². The number of hydrogen-bond donors (Lipinski definition) is 2. The Morgan fingerprint density at radius 3 is 2.71 bits per heavy atom. The molecule has 21 heavy (non-hydrogen) atoms. The van der Waals surface area contributed by atoms with E-state index in [0.717, 1.165) is 25.3 Å². The number of ether oxygens (including phenoxy) is 1. The van der Waals surface area contributed by atoms with Crippen LogP contribution < -0.4 is 11.1 Å². The van der Waals surface area contributed by atoms with Gasteiger partial charge in [-0.2, -0.15) is 0 Å². The number of nitrogens with one attached hydrogen (secondary N) is 1. The van der Waals surface area contributed by atoms with Crippen molar-refractivity contribution in [2.24, 2.45) is 0 Å². The molecule has 1 atom stereocenters. The number of rotatable bonds is 7. The van der Waals surface area contributed by atoms with Gasteiger partial charge in [0.25, 0.3) is 5.91 Å². The van der Waals surface area contributed by atoms with Crippen molar-refractivity contribution in [2.45, 2.75) is 39.2 Å². The lowest BCUT2D eigenvalue weighted by Crippen LogP contribution is -2.36. The van der Waals surface area contributed by atoms with Gasteiger partial charge in [-0.25, -0.2) is 9.18 Å². The predicted molar refractivity (Wildman–Crippen MR) is 78.2 cm³/mol. The molecule has 0 saturated heterocycles. The molecule has 0 radical (unpaired) electrons. The highest BCUT2D eigenvalue weighted by Crippen LogP contribution is 2.13. The summed E-state index contributed by atoms with van der Waals surface area (Å²) < 4.78 is 18.5. The number of esters is 1. The van der Waals surface area contributed by atoms with E-state index in [1.165, 1.54) is 19.1 Å². The average molecular weight is 296 g/mol. The zero-order valence-electron chi connectivity index (χ0n) is 12.3. The molecule has 1 rings (SSSR count). The summed E-state index contributed by atoms with van der Waals surface area (Å²) in [5, 5.41) is 2.67. The van der Waals surface area contributed by atoms with E-state index in [9.17, 15) is 14.0 Å². The van der Waals surface area contributed by atoms with Gasteiger partial charge >= 0.3 is 5.97 Å². The maximum atomic E-state index is 13.6. The number of carbonyl (C=O) groups is 2. The molecule has 116 valence electrons. The fourth-order valence-corrected chi connectivity index (χ4v) is 1.70. The summed E-state index contributed by atoms with van der Waals surface area (Å²) in [6.07, 6.45) is 1.97. The summed E-state index contributed by atoms with van der Waals surface area (Å²) >= 11 is 0. The van der Waals surface area contributed by atoms with Gasteiger partial charge in [-0.05, 0) is 31.5 Å². The van der Waals surface area contributed by atoms with Crippen LogP contribution in [-0.4, -0.2) is 24.5 Å². The topological polar surface area (TPSA) is 81.4 Å². The van der Waals surface area contributed by atoms with Gasteiger partial charge in [0.1, 0.15) is 5.82 Å². The molecule has 5 nitrogen and oxygen atoms in total. The summed E-state index contributed by atoms with van der Waals surface area (Å²) in [5.41, 5.74) is 5.37. The molecule has 1 unspecified atom stereocenters. The fourth-order valence-electron chi connectivity index (χ4n) is 1.70. The first kappa shape index (κ1) is 16.9. The molecule has 0 bridgehead atoms. The Labute approximate surface area is 123 Å². The first-order chi connectivity index (χ1) is 9.95. The van der Waals surface area contributed by atoms with Gasteiger partial charge in [0, 0.05) is 12.2 Å². The third kappa shape index (κ3) is 5.41. The van der Waals surface area contributed by atoms with E-state index in [-0.39, 0.29) is 11.3 Å². The summed E-state index contributed by atoms with van der Waals surface area (Å²) in [5.74, 6) is -2.05. The zero-order chi connectivity index (χ0) is 15.8. The number of nitrogens with two attached hydrogens (primary N) is 1. The fraction of sp³-hybridized carbons (Fsp3) is 0.467. The molecule has 0 aliphatic carbocycles. The van der Waals surface area contributed by atoms with E-state index in [0.29, 0.717) is 6.54 Å². The van der Waals surface area contributed by atoms with E-state index >= 15 is 0 Å². The third-order valence-corrected chi connectivity index (χ3v) is 2.95. The third-order valence-electron chi connectivity index (χ3n) is 2.95. The maximum absolute atomic E-state index is 13.6. The van der Waals surface area contributed by atoms with Crippen molar-refractivity contribution in [1.29, 1.82) is 0 Å². The highest BCUT2D eigenvalue weighted by molar-refractivity contribution is 5.92. The molecule has 3 N–H and O–H groups in total. The van der Waals surface area contributed by atoms with Gasteiger partial charge in [0.2, 0.25) is 0 Å². The Morgan fingerprint density at radius 2 is 2.10 bits per heavy atom. The van der Waals surface area contributed by atoms with Gasteiger partial charge in [0.05, 0.1) is 5.56 Å². The van der Waals surface area contributed by atoms with Crippen LogP contribution >= 0.6 is 0 Å². The van der Waals surface area contributed by atoms with E-state index in [2.05, 4.69) is 12.2 Å². The van der Waals surface area contributed by atoms with Crippen LogP contribution in [0.5, 0.6) is 0 Å². The molecular weight excluding hydrogens is 275 g/mol. The molecule has 0 fully saturated rings. The standard InChI is InChI=1S/C15H21FN2O3/c1-3-4-5-8-18-14(19)10(2)21-15(20)12-7-6-11(17)9-13(12)16/h6-7,9-10H,3-5,8,17H2,1-2H3,(H,18,19). The van der Waals surface area contributed by atoms with Crippen molar-refractivity contribution in [1.82, 2.24) is 5.32 Å². The predicted octanol–water partition coefficient (Wildman–Crippen LogP) is 2.26. The highest BCUT2D eigenvalue weighted by atomic mass is 19.1. The summed E-state index contributed by atoms with van der Waals surface area (Å²) in [7, 11) is 0. The van der Waals surface area contributed by atoms with E-state index in [4.69, 9.17) is 10.5 Å². The zero-order valence-corrected chi connectivity index (χ0v) is 12.3. The molecule has 0 saturated carbocycles. The van der Waals surface area contributed by atoms with Gasteiger partial charge in [-0.15, -0.1) is 0 Å². The number of benzene rings is 1. The van der Waals surface area contributed by atoms with E-state index < -0.39 is 23.8 Å². The molecular formula is C15H21FN2O3. The number of anilines is 1. The molecule has 1 amide bonds. The summed E-state index contributed by atoms with van der Waals surface area (Å²) in [6, 6.07) is 3.67. The first-order valence-corrected chi connectivity index (χ1v) is 6.99. The van der Waals surface area contributed by atoms with Crippen molar-refractivity contribution in [3.8, 4) is 0 Å². The van der Waals surface area contributed by atoms with Gasteiger partial charge in [-0.1, -0.05) is 19.8 Å². The van der Waals surface area contributed by atoms with Crippen molar-refractivity contribution in [3.63, 3.8) is 0 Å². The molecule has 0 aliphatic rings. The van der Waals surface area contributed by atoms with E-state index in [1.54, 1.807) is 0 Å². The Kier molecular flexibility index (Phi) is 6.65. The second-order valence-electron chi connectivity index (χ2n) is 4.78. The Bertz CT molecular complexity index is 506. The average Bonchev–Trinajstić information content (AvgIpc) is 2.43. The van der Waals surface area contributed by atoms with Gasteiger partial charge < -0.3 is 15.8 Å². The van der Waals surface area contributed by atoms with Crippen molar-refractivity contribution >= 4 is 17.6 Å². The van der Waals surface area contributed by atoms with Crippen molar-refractivity contribution in [2.75, 3.05) is 12.3 Å². The number of nitrogen functional groups attached to an aromatic ring is 1. The number of carbonyl (C=O) groups excluding carboxylic acids is 2. The van der Waals surface area contributed by atoms with Gasteiger partial charge in [0.15, 0.2) is 6.10 Å². The van der Waals surface area contributed by atoms with E-state index in [1.807, 2.05) is 0 Å². The lowest BCUT2D eigenvalue weighted by molar-refractivity contribution is -0.129.